The van der Waals surface area contributed by atoms with E-state index in [0.717, 1.165) is 0 Å². The van der Waals surface area contributed by atoms with Gasteiger partial charge in [-0.1, -0.05) is 0 Å². The second-order valence-corrected chi connectivity index (χ2v) is 5.88. The maximum absolute atomic E-state index is 12.3. The van der Waals surface area contributed by atoms with E-state index in [4.69, 9.17) is 10.5 Å². The zero-order valence-electron chi connectivity index (χ0n) is 11.0. The number of carbonyl (C=O) groups is 1. The van der Waals surface area contributed by atoms with Gasteiger partial charge in [0.1, 0.15) is 11.4 Å². The average molecular weight is 280 g/mol. The molecule has 1 aromatic heterocycles. The number of anilines is 1. The van der Waals surface area contributed by atoms with Crippen molar-refractivity contribution < 1.29 is 14.1 Å². The number of fused-ring (bicyclic) bond motifs is 1. The Balaban J connectivity index is 2.77. The molecule has 0 aliphatic rings. The fraction of sp³-hybridized carbons (Fsp3) is 0.308. The lowest BCUT2D eigenvalue weighted by molar-refractivity contribution is 0.100. The number of ether oxygens (including phenoxy) is 1. The standard InChI is InChI=1S/C13H16N2O3S/c1-7(2)15-11-9-6-8(18-3)4-5-10(9)19(17)12(11)13(14)16/h4-7,15H,1-3H3,(H2,14,16). The van der Waals surface area contributed by atoms with Crippen molar-refractivity contribution in [1.29, 1.82) is 0 Å². The number of thiophene rings is 1. The number of nitrogens with one attached hydrogen (secondary N) is 1. The molecule has 0 aliphatic heterocycles. The maximum Gasteiger partial charge on any atom is 0.303 e. The molecule has 0 radical (unpaired) electrons. The lowest BCUT2D eigenvalue weighted by Crippen LogP contribution is -2.16. The minimum absolute atomic E-state index is 0.0958. The molecule has 1 aromatic carbocycles. The molecular weight excluding hydrogens is 264 g/mol. The molecule has 5 nitrogen and oxygen atoms in total. The number of amides is 1. The van der Waals surface area contributed by atoms with E-state index in [1.165, 1.54) is 0 Å². The van der Waals surface area contributed by atoms with Crippen molar-refractivity contribution >= 4 is 32.4 Å². The van der Waals surface area contributed by atoms with E-state index in [1.807, 2.05) is 13.8 Å². The van der Waals surface area contributed by atoms with Gasteiger partial charge >= 0.3 is 5.91 Å². The number of benzene rings is 1. The lowest BCUT2D eigenvalue weighted by atomic mass is 10.2. The van der Waals surface area contributed by atoms with Crippen LogP contribution >= 0.6 is 10.8 Å². The topological polar surface area (TPSA) is 87.4 Å². The fourth-order valence-electron chi connectivity index (χ4n) is 1.96. The Morgan fingerprint density at radius 1 is 1.47 bits per heavy atom. The van der Waals surface area contributed by atoms with Crippen LogP contribution < -0.4 is 15.8 Å². The third-order valence-electron chi connectivity index (χ3n) is 2.73. The molecule has 0 bridgehead atoms. The van der Waals surface area contributed by atoms with Gasteiger partial charge in [-0.3, -0.25) is 4.79 Å². The van der Waals surface area contributed by atoms with Gasteiger partial charge in [-0.05, 0) is 36.7 Å². The van der Waals surface area contributed by atoms with E-state index >= 15 is 0 Å². The Bertz CT molecular complexity index is 634. The first-order valence-electron chi connectivity index (χ1n) is 5.86. The van der Waals surface area contributed by atoms with Crippen molar-refractivity contribution in [3.63, 3.8) is 0 Å². The number of carbonyl (C=O) groups excluding carboxylic acids is 1. The highest BCUT2D eigenvalue weighted by atomic mass is 32.2. The summed E-state index contributed by atoms with van der Waals surface area (Å²) in [5.74, 6) is -0.0267. The second kappa shape index (κ2) is 5.07. The van der Waals surface area contributed by atoms with Crippen LogP contribution in [0.1, 0.15) is 23.5 Å². The fourth-order valence-corrected chi connectivity index (χ4v) is 3.27. The summed E-state index contributed by atoms with van der Waals surface area (Å²) in [6.45, 7) is 3.87. The number of nitrogens with two attached hydrogens (primary N) is 1. The van der Waals surface area contributed by atoms with Crippen LogP contribution in [0, 0.1) is 0 Å². The summed E-state index contributed by atoms with van der Waals surface area (Å²) in [7, 11) is 0.0220. The molecule has 2 rings (SSSR count). The molecule has 1 unspecified atom stereocenters. The third-order valence-corrected chi connectivity index (χ3v) is 4.26. The highest BCUT2D eigenvalue weighted by Crippen LogP contribution is 2.43. The van der Waals surface area contributed by atoms with Crippen LogP contribution in [-0.4, -0.2) is 23.6 Å². The largest absolute Gasteiger partial charge is 0.590 e. The third kappa shape index (κ3) is 2.36. The maximum atomic E-state index is 12.3. The smallest absolute Gasteiger partial charge is 0.303 e. The van der Waals surface area contributed by atoms with Crippen molar-refractivity contribution in [2.75, 3.05) is 12.4 Å². The van der Waals surface area contributed by atoms with Crippen molar-refractivity contribution in [3.8, 4) is 5.75 Å². The Morgan fingerprint density at radius 2 is 2.16 bits per heavy atom. The van der Waals surface area contributed by atoms with Crippen molar-refractivity contribution in [3.05, 3.63) is 23.1 Å². The van der Waals surface area contributed by atoms with Crippen molar-refractivity contribution in [1.82, 2.24) is 0 Å². The number of hydrogen-bond acceptors (Lipinski definition) is 4. The molecule has 0 saturated heterocycles. The monoisotopic (exact) mass is 280 g/mol. The first kappa shape index (κ1) is 13.6. The van der Waals surface area contributed by atoms with Crippen molar-refractivity contribution in [2.24, 2.45) is 5.73 Å². The van der Waals surface area contributed by atoms with Crippen LogP contribution in [0.3, 0.4) is 0 Å². The summed E-state index contributed by atoms with van der Waals surface area (Å²) in [5.41, 5.74) is 5.88. The van der Waals surface area contributed by atoms with Crippen LogP contribution in [0.15, 0.2) is 18.2 Å². The minimum Gasteiger partial charge on any atom is -0.590 e. The SMILES string of the molecule is COc1ccc2c(c1)c(NC(C)C)c(C(N)=O)[s+]2[O-]. The summed E-state index contributed by atoms with van der Waals surface area (Å²) < 4.78 is 18.0. The Morgan fingerprint density at radius 3 is 2.68 bits per heavy atom. The summed E-state index contributed by atoms with van der Waals surface area (Å²) >= 11 is 0. The minimum atomic E-state index is -1.54. The zero-order chi connectivity index (χ0) is 14.2. The van der Waals surface area contributed by atoms with E-state index < -0.39 is 16.7 Å². The van der Waals surface area contributed by atoms with Crippen LogP contribution in [0.2, 0.25) is 0 Å². The second-order valence-electron chi connectivity index (χ2n) is 4.50. The molecule has 19 heavy (non-hydrogen) atoms. The number of methoxy groups -OCH3 is 1. The van der Waals surface area contributed by atoms with Crippen LogP contribution in [-0.2, 0) is 0 Å². The van der Waals surface area contributed by atoms with Gasteiger partial charge in [0, 0.05) is 12.1 Å². The van der Waals surface area contributed by atoms with Crippen LogP contribution in [0.4, 0.5) is 5.69 Å². The molecule has 1 heterocycles. The van der Waals surface area contributed by atoms with Gasteiger partial charge in [-0.25, -0.2) is 0 Å². The molecule has 2 aromatic rings. The number of hydrogen-bond donors (Lipinski definition) is 2. The summed E-state index contributed by atoms with van der Waals surface area (Å²) in [6, 6.07) is 5.27. The van der Waals surface area contributed by atoms with Gasteiger partial charge in [0.15, 0.2) is 4.70 Å². The van der Waals surface area contributed by atoms with Gasteiger partial charge < -0.3 is 20.3 Å². The first-order valence-corrected chi connectivity index (χ1v) is 7.01. The van der Waals surface area contributed by atoms with Gasteiger partial charge in [0.2, 0.25) is 0 Å². The van der Waals surface area contributed by atoms with E-state index in [2.05, 4.69) is 5.32 Å². The molecule has 0 aliphatic carbocycles. The van der Waals surface area contributed by atoms with Crippen LogP contribution in [0.25, 0.3) is 10.1 Å². The van der Waals surface area contributed by atoms with E-state index in [9.17, 15) is 9.35 Å². The molecule has 1 amide bonds. The average Bonchev–Trinajstić information content (AvgIpc) is 2.61. The molecule has 1 atom stereocenters. The van der Waals surface area contributed by atoms with Gasteiger partial charge in [-0.2, -0.15) is 0 Å². The summed E-state index contributed by atoms with van der Waals surface area (Å²) in [4.78, 5) is 11.6. The molecule has 0 fully saturated rings. The quantitative estimate of drug-likeness (QED) is 0.842. The molecule has 102 valence electrons. The van der Waals surface area contributed by atoms with E-state index in [1.54, 1.807) is 25.3 Å². The molecule has 3 N–H and O–H groups in total. The first-order chi connectivity index (χ1) is 8.95. The van der Waals surface area contributed by atoms with Gasteiger partial charge in [0.25, 0.3) is 4.88 Å². The molecule has 0 saturated carbocycles. The number of rotatable bonds is 4. The Labute approximate surface area is 114 Å². The highest BCUT2D eigenvalue weighted by molar-refractivity contribution is 7.33. The van der Waals surface area contributed by atoms with Crippen molar-refractivity contribution in [2.45, 2.75) is 19.9 Å². The summed E-state index contributed by atoms with van der Waals surface area (Å²) in [6.07, 6.45) is 0. The molecular formula is C13H16N2O3S. The summed E-state index contributed by atoms with van der Waals surface area (Å²) in [5, 5.41) is 3.85. The van der Waals surface area contributed by atoms with Gasteiger partial charge in [-0.15, -0.1) is 0 Å². The Kier molecular flexibility index (Phi) is 3.64. The Hall–Kier alpha value is -1.79. The van der Waals surface area contributed by atoms with E-state index in [-0.39, 0.29) is 10.9 Å². The lowest BCUT2D eigenvalue weighted by Gasteiger charge is -2.08. The number of primary amides is 1. The molecule has 6 heteroatoms. The van der Waals surface area contributed by atoms with E-state index in [0.29, 0.717) is 21.5 Å². The molecule has 0 spiro atoms. The normalized spacial score (nSPS) is 11.9. The van der Waals surface area contributed by atoms with Gasteiger partial charge in [0.05, 0.1) is 12.5 Å². The van der Waals surface area contributed by atoms with Crippen LogP contribution in [0.5, 0.6) is 5.75 Å². The zero-order valence-corrected chi connectivity index (χ0v) is 11.8. The predicted octanol–water partition coefficient (Wildman–Crippen LogP) is 2.50. The predicted molar refractivity (Wildman–Crippen MR) is 76.4 cm³/mol. The highest BCUT2D eigenvalue weighted by Gasteiger charge is 2.27.